The van der Waals surface area contributed by atoms with E-state index >= 15 is 0 Å². The van der Waals surface area contributed by atoms with E-state index in [1.165, 1.54) is 0 Å². The van der Waals surface area contributed by atoms with Gasteiger partial charge in [-0.1, -0.05) is 0 Å². The topological polar surface area (TPSA) is 41.3 Å². The SMILES string of the molecule is CCn1nc(C)c(Br)c1CC1(O)CCN2CCC1C2. The quantitative estimate of drug-likeness (QED) is 0.922. The third-order valence-corrected chi connectivity index (χ3v) is 5.85. The first-order chi connectivity index (χ1) is 9.03. The highest BCUT2D eigenvalue weighted by molar-refractivity contribution is 9.10. The van der Waals surface area contributed by atoms with Crippen LogP contribution >= 0.6 is 15.9 Å². The van der Waals surface area contributed by atoms with E-state index < -0.39 is 5.60 Å². The van der Waals surface area contributed by atoms with Crippen LogP contribution in [-0.2, 0) is 13.0 Å². The van der Waals surface area contributed by atoms with Crippen molar-refractivity contribution in [3.05, 3.63) is 15.9 Å². The summed E-state index contributed by atoms with van der Waals surface area (Å²) in [5.41, 5.74) is 1.63. The van der Waals surface area contributed by atoms with Gasteiger partial charge in [-0.15, -0.1) is 0 Å². The number of fused-ring (bicyclic) bond motifs is 2. The molecule has 0 spiro atoms. The maximum absolute atomic E-state index is 11.1. The number of hydrogen-bond acceptors (Lipinski definition) is 3. The predicted octanol–water partition coefficient (Wildman–Crippen LogP) is 1.97. The van der Waals surface area contributed by atoms with Crippen LogP contribution in [-0.4, -0.2) is 45.0 Å². The minimum absolute atomic E-state index is 0.425. The zero-order chi connectivity index (χ0) is 13.6. The maximum Gasteiger partial charge on any atom is 0.0756 e. The largest absolute Gasteiger partial charge is 0.389 e. The average molecular weight is 328 g/mol. The molecule has 1 aromatic heterocycles. The van der Waals surface area contributed by atoms with Gasteiger partial charge in [-0.2, -0.15) is 5.10 Å². The molecule has 2 bridgehead atoms. The highest BCUT2D eigenvalue weighted by atomic mass is 79.9. The first-order valence-corrected chi connectivity index (χ1v) is 7.99. The van der Waals surface area contributed by atoms with Crippen LogP contribution in [0.4, 0.5) is 0 Å². The van der Waals surface area contributed by atoms with Crippen molar-refractivity contribution in [1.29, 1.82) is 0 Å². The number of hydrogen-bond donors (Lipinski definition) is 1. The van der Waals surface area contributed by atoms with Gasteiger partial charge in [0.1, 0.15) is 0 Å². The lowest BCUT2D eigenvalue weighted by Gasteiger charge is -2.39. The number of aliphatic hydroxyl groups is 1. The summed E-state index contributed by atoms with van der Waals surface area (Å²) in [5.74, 6) is 0.425. The smallest absolute Gasteiger partial charge is 0.0756 e. The number of halogens is 1. The fourth-order valence-corrected chi connectivity index (χ4v) is 4.01. The summed E-state index contributed by atoms with van der Waals surface area (Å²) >= 11 is 3.64. The van der Waals surface area contributed by atoms with Crippen molar-refractivity contribution in [3.63, 3.8) is 0 Å². The van der Waals surface area contributed by atoms with Gasteiger partial charge in [0.25, 0.3) is 0 Å². The molecule has 4 nitrogen and oxygen atoms in total. The van der Waals surface area contributed by atoms with E-state index in [1.54, 1.807) is 0 Å². The lowest BCUT2D eigenvalue weighted by molar-refractivity contribution is -0.0453. The summed E-state index contributed by atoms with van der Waals surface area (Å²) in [6.45, 7) is 8.22. The second-order valence-corrected chi connectivity index (χ2v) is 6.77. The Morgan fingerprint density at radius 1 is 1.47 bits per heavy atom. The van der Waals surface area contributed by atoms with Gasteiger partial charge in [0.15, 0.2) is 0 Å². The lowest BCUT2D eigenvalue weighted by atomic mass is 9.79. The van der Waals surface area contributed by atoms with Gasteiger partial charge < -0.3 is 10.0 Å². The monoisotopic (exact) mass is 327 g/mol. The molecule has 1 aromatic rings. The van der Waals surface area contributed by atoms with Gasteiger partial charge in [0.2, 0.25) is 0 Å². The van der Waals surface area contributed by atoms with E-state index in [9.17, 15) is 5.11 Å². The highest BCUT2D eigenvalue weighted by Crippen LogP contribution is 2.39. The minimum Gasteiger partial charge on any atom is -0.389 e. The molecule has 2 aliphatic heterocycles. The van der Waals surface area contributed by atoms with Crippen LogP contribution in [0.2, 0.25) is 0 Å². The van der Waals surface area contributed by atoms with Crippen LogP contribution in [0.15, 0.2) is 4.47 Å². The second-order valence-electron chi connectivity index (χ2n) is 5.98. The van der Waals surface area contributed by atoms with Gasteiger partial charge in [-0.25, -0.2) is 0 Å². The molecule has 2 fully saturated rings. The van der Waals surface area contributed by atoms with Crippen LogP contribution in [0.25, 0.3) is 0 Å². The van der Waals surface area contributed by atoms with Crippen LogP contribution in [0.5, 0.6) is 0 Å². The summed E-state index contributed by atoms with van der Waals surface area (Å²) in [7, 11) is 0. The molecule has 3 unspecified atom stereocenters. The molecule has 106 valence electrons. The number of aromatic nitrogens is 2. The van der Waals surface area contributed by atoms with E-state index in [0.717, 1.165) is 61.3 Å². The Balaban J connectivity index is 1.88. The first-order valence-electron chi connectivity index (χ1n) is 7.20. The summed E-state index contributed by atoms with van der Waals surface area (Å²) in [6.07, 6.45) is 2.74. The van der Waals surface area contributed by atoms with Crippen molar-refractivity contribution < 1.29 is 5.11 Å². The Bertz CT molecular complexity index is 487. The maximum atomic E-state index is 11.1. The van der Waals surface area contributed by atoms with Gasteiger partial charge in [-0.3, -0.25) is 4.68 Å². The van der Waals surface area contributed by atoms with Crippen molar-refractivity contribution >= 4 is 15.9 Å². The third kappa shape index (κ3) is 2.26. The summed E-state index contributed by atoms with van der Waals surface area (Å²) in [6, 6.07) is 0. The van der Waals surface area contributed by atoms with Crippen molar-refractivity contribution in [1.82, 2.24) is 14.7 Å². The number of aryl methyl sites for hydroxylation is 2. The summed E-state index contributed by atoms with van der Waals surface area (Å²) < 4.78 is 3.10. The number of piperidine rings is 1. The Kier molecular flexibility index (Phi) is 3.48. The summed E-state index contributed by atoms with van der Waals surface area (Å²) in [5, 5.41) is 15.6. The van der Waals surface area contributed by atoms with Crippen LogP contribution in [0, 0.1) is 12.8 Å². The molecule has 3 heterocycles. The molecule has 1 N–H and O–H groups in total. The van der Waals surface area contributed by atoms with Gasteiger partial charge in [0, 0.05) is 32.0 Å². The first kappa shape index (κ1) is 13.6. The van der Waals surface area contributed by atoms with Crippen molar-refractivity contribution in [3.8, 4) is 0 Å². The molecule has 0 amide bonds. The van der Waals surface area contributed by atoms with Crippen molar-refractivity contribution in [2.24, 2.45) is 5.92 Å². The normalized spacial score (nSPS) is 33.9. The molecule has 0 aromatic carbocycles. The standard InChI is InChI=1S/C14H22BrN3O/c1-3-18-12(13(15)10(2)16-18)8-14(19)5-7-17-6-4-11(14)9-17/h11,19H,3-9H2,1-2H3. The zero-order valence-corrected chi connectivity index (χ0v) is 13.3. The average Bonchev–Trinajstić information content (AvgIpc) is 2.93. The fourth-order valence-electron chi connectivity index (χ4n) is 3.59. The molecule has 3 atom stereocenters. The van der Waals surface area contributed by atoms with Gasteiger partial charge in [0.05, 0.1) is 21.5 Å². The molecule has 0 aliphatic carbocycles. The molecule has 5 heteroatoms. The van der Waals surface area contributed by atoms with E-state index in [-0.39, 0.29) is 0 Å². The highest BCUT2D eigenvalue weighted by Gasteiger charge is 2.45. The molecule has 0 radical (unpaired) electrons. The molecule has 19 heavy (non-hydrogen) atoms. The molecule has 3 rings (SSSR count). The molecule has 2 saturated heterocycles. The number of rotatable bonds is 3. The summed E-state index contributed by atoms with van der Waals surface area (Å²) in [4.78, 5) is 2.47. The van der Waals surface area contributed by atoms with Gasteiger partial charge in [-0.05, 0) is 49.2 Å². The zero-order valence-electron chi connectivity index (χ0n) is 11.7. The Morgan fingerprint density at radius 2 is 2.26 bits per heavy atom. The Morgan fingerprint density at radius 3 is 3.00 bits per heavy atom. The molecule has 0 saturated carbocycles. The van der Waals surface area contributed by atoms with Crippen LogP contribution in [0.3, 0.4) is 0 Å². The third-order valence-electron chi connectivity index (χ3n) is 4.82. The van der Waals surface area contributed by atoms with Crippen molar-refractivity contribution in [2.45, 2.75) is 45.3 Å². The van der Waals surface area contributed by atoms with Crippen LogP contribution < -0.4 is 0 Å². The fraction of sp³-hybridized carbons (Fsp3) is 0.786. The molecular weight excluding hydrogens is 306 g/mol. The second kappa shape index (κ2) is 4.86. The van der Waals surface area contributed by atoms with E-state index in [1.807, 2.05) is 11.6 Å². The Labute approximate surface area is 122 Å². The van der Waals surface area contributed by atoms with E-state index in [4.69, 9.17) is 0 Å². The predicted molar refractivity (Wildman–Crippen MR) is 78.2 cm³/mol. The molecule has 2 aliphatic rings. The van der Waals surface area contributed by atoms with E-state index in [0.29, 0.717) is 5.92 Å². The molecular formula is C14H22BrN3O. The lowest BCUT2D eigenvalue weighted by Crippen LogP contribution is -2.48. The Hall–Kier alpha value is -0.390. The van der Waals surface area contributed by atoms with Gasteiger partial charge >= 0.3 is 0 Å². The van der Waals surface area contributed by atoms with Crippen LogP contribution in [0.1, 0.15) is 31.2 Å². The van der Waals surface area contributed by atoms with Crippen molar-refractivity contribution in [2.75, 3.05) is 19.6 Å². The number of nitrogens with zero attached hydrogens (tertiary/aromatic N) is 3. The van der Waals surface area contributed by atoms with E-state index in [2.05, 4.69) is 32.9 Å². The minimum atomic E-state index is -0.547.